The van der Waals surface area contributed by atoms with Crippen LogP contribution in [0.25, 0.3) is 33.6 Å². The molecule has 0 saturated heterocycles. The second-order valence-corrected chi connectivity index (χ2v) is 10.6. The molecular weight excluding hydrogens is 600 g/mol. The highest BCUT2D eigenvalue weighted by Gasteiger charge is 2.35. The SMILES string of the molecule is [2H]C([2H])([2H])Oc1ncc(-c2cc3c(C(=O)NC)c(-c4ccc(F)cc4)oc3nc2CCC(F)(F)F)cc1C(=O)NC(C)(C)C1N=CON1. The number of carbonyl (C=O) groups is 2. The van der Waals surface area contributed by atoms with Crippen LogP contribution in [0, 0.1) is 5.82 Å². The standard InChI is InChI=1S/C30H28F4N6O5/c1-29(2,28-37-14-44-40-28)39-24(41)20-11-16(13-36-26(20)43-4)18-12-19-22(25(42)35-3)23(15-5-7-17(31)8-6-15)45-27(19)38-21(18)9-10-30(32,33)34/h5-8,11-14,28,40H,9-10H2,1-4H3,(H,35,42)(H,39,41)/i4D3. The number of benzene rings is 1. The Labute approximate surface area is 258 Å². The summed E-state index contributed by atoms with van der Waals surface area (Å²) in [6, 6.07) is 7.59. The molecule has 1 aliphatic heterocycles. The molecule has 11 nitrogen and oxygen atoms in total. The van der Waals surface area contributed by atoms with Crippen molar-refractivity contribution < 1.29 is 45.3 Å². The van der Waals surface area contributed by atoms with Gasteiger partial charge in [0.15, 0.2) is 12.6 Å². The van der Waals surface area contributed by atoms with Crippen molar-refractivity contribution in [3.05, 3.63) is 65.2 Å². The molecule has 1 atom stereocenters. The highest BCUT2D eigenvalue weighted by molar-refractivity contribution is 6.11. The van der Waals surface area contributed by atoms with E-state index in [2.05, 4.69) is 31.1 Å². The average molecular weight is 632 g/mol. The predicted octanol–water partition coefficient (Wildman–Crippen LogP) is 4.96. The molecule has 0 fully saturated rings. The second kappa shape index (κ2) is 12.1. The number of nitrogens with zero attached hydrogens (tertiary/aromatic N) is 3. The second-order valence-electron chi connectivity index (χ2n) is 10.6. The monoisotopic (exact) mass is 631 g/mol. The van der Waals surface area contributed by atoms with E-state index in [1.165, 1.54) is 31.3 Å². The Bertz CT molecular complexity index is 1900. The first-order chi connectivity index (χ1) is 22.5. The zero-order chi connectivity index (χ0) is 35.0. The van der Waals surface area contributed by atoms with Crippen molar-refractivity contribution in [2.24, 2.45) is 4.99 Å². The number of nitrogens with one attached hydrogen (secondary N) is 3. The lowest BCUT2D eigenvalue weighted by atomic mass is 9.97. The lowest BCUT2D eigenvalue weighted by molar-refractivity contribution is -0.134. The van der Waals surface area contributed by atoms with Gasteiger partial charge in [0.2, 0.25) is 11.6 Å². The molecule has 1 aromatic carbocycles. The molecular formula is C30H28F4N6O5. The summed E-state index contributed by atoms with van der Waals surface area (Å²) in [6.45, 7) is 3.22. The third-order valence-electron chi connectivity index (χ3n) is 7.03. The van der Waals surface area contributed by atoms with E-state index in [0.717, 1.165) is 24.7 Å². The number of carbonyl (C=O) groups excluding carboxylic acids is 2. The van der Waals surface area contributed by atoms with Crippen molar-refractivity contribution >= 4 is 29.3 Å². The molecule has 0 radical (unpaired) electrons. The average Bonchev–Trinajstić information content (AvgIpc) is 3.68. The molecule has 0 aliphatic carbocycles. The number of amides is 2. The maximum atomic E-state index is 13.7. The number of hydrogen-bond acceptors (Lipinski definition) is 9. The Kier molecular flexibility index (Phi) is 7.42. The summed E-state index contributed by atoms with van der Waals surface area (Å²) >= 11 is 0. The third kappa shape index (κ3) is 6.57. The van der Waals surface area contributed by atoms with Crippen LogP contribution in [0.5, 0.6) is 5.88 Å². The minimum absolute atomic E-state index is 0.00946. The highest BCUT2D eigenvalue weighted by Crippen LogP contribution is 2.38. The smallest absolute Gasteiger partial charge is 0.389 e. The van der Waals surface area contributed by atoms with Gasteiger partial charge in [0.05, 0.1) is 33.3 Å². The van der Waals surface area contributed by atoms with E-state index in [-0.39, 0.29) is 44.8 Å². The molecule has 0 spiro atoms. The lowest BCUT2D eigenvalue weighted by Crippen LogP contribution is -2.55. The molecule has 4 aromatic rings. The summed E-state index contributed by atoms with van der Waals surface area (Å²) < 4.78 is 87.5. The summed E-state index contributed by atoms with van der Waals surface area (Å²) in [7, 11) is -1.65. The van der Waals surface area contributed by atoms with Gasteiger partial charge in [-0.05, 0) is 56.7 Å². The van der Waals surface area contributed by atoms with E-state index in [1.807, 2.05) is 0 Å². The number of pyridine rings is 2. The lowest BCUT2D eigenvalue weighted by Gasteiger charge is -2.29. The van der Waals surface area contributed by atoms with Crippen molar-refractivity contribution in [2.75, 3.05) is 14.1 Å². The van der Waals surface area contributed by atoms with Crippen molar-refractivity contribution in [1.82, 2.24) is 26.1 Å². The van der Waals surface area contributed by atoms with Crippen LogP contribution >= 0.6 is 0 Å². The number of hydroxylamine groups is 1. The van der Waals surface area contributed by atoms with Crippen LogP contribution in [0.15, 0.2) is 52.0 Å². The van der Waals surface area contributed by atoms with Crippen LogP contribution in [-0.2, 0) is 11.3 Å². The summed E-state index contributed by atoms with van der Waals surface area (Å²) in [5, 5.41) is 5.29. The van der Waals surface area contributed by atoms with Crippen molar-refractivity contribution in [2.45, 2.75) is 44.6 Å². The van der Waals surface area contributed by atoms with Gasteiger partial charge in [-0.3, -0.25) is 9.59 Å². The van der Waals surface area contributed by atoms with Crippen LogP contribution in [0.4, 0.5) is 17.6 Å². The molecule has 4 heterocycles. The van der Waals surface area contributed by atoms with Gasteiger partial charge in [0.25, 0.3) is 11.8 Å². The fourth-order valence-corrected chi connectivity index (χ4v) is 4.74. The molecule has 0 bridgehead atoms. The maximum Gasteiger partial charge on any atom is 0.389 e. The first-order valence-electron chi connectivity index (χ1n) is 14.9. The molecule has 0 saturated carbocycles. The first-order valence-corrected chi connectivity index (χ1v) is 13.4. The Morgan fingerprint density at radius 3 is 2.53 bits per heavy atom. The molecule has 3 N–H and O–H groups in total. The number of rotatable bonds is 9. The fourth-order valence-electron chi connectivity index (χ4n) is 4.74. The van der Waals surface area contributed by atoms with Crippen molar-refractivity contribution in [3.63, 3.8) is 0 Å². The topological polar surface area (TPSA) is 140 Å². The van der Waals surface area contributed by atoms with Gasteiger partial charge in [-0.2, -0.15) is 13.2 Å². The number of ether oxygens (including phenoxy) is 1. The number of methoxy groups -OCH3 is 1. The Balaban J connectivity index is 1.70. The van der Waals surface area contributed by atoms with Gasteiger partial charge in [0, 0.05) is 36.4 Å². The molecule has 1 aliphatic rings. The Hall–Kier alpha value is -5.05. The largest absolute Gasteiger partial charge is 0.480 e. The third-order valence-corrected chi connectivity index (χ3v) is 7.03. The van der Waals surface area contributed by atoms with Crippen LogP contribution in [-0.4, -0.2) is 60.1 Å². The number of hydrogen-bond donors (Lipinski definition) is 3. The van der Waals surface area contributed by atoms with E-state index >= 15 is 0 Å². The summed E-state index contributed by atoms with van der Waals surface area (Å²) in [5.74, 6) is -2.61. The summed E-state index contributed by atoms with van der Waals surface area (Å²) in [5.41, 5.74) is 1.19. The molecule has 3 aromatic heterocycles. The number of aryl methyl sites for hydroxylation is 1. The minimum Gasteiger partial charge on any atom is -0.480 e. The summed E-state index contributed by atoms with van der Waals surface area (Å²) in [6.07, 6.45) is -4.97. The predicted molar refractivity (Wildman–Crippen MR) is 155 cm³/mol. The molecule has 1 unspecified atom stereocenters. The van der Waals surface area contributed by atoms with Gasteiger partial charge in [-0.1, -0.05) is 0 Å². The van der Waals surface area contributed by atoms with Gasteiger partial charge in [-0.25, -0.2) is 19.4 Å². The first kappa shape index (κ1) is 27.5. The van der Waals surface area contributed by atoms with Crippen LogP contribution in [0.1, 0.15) is 50.8 Å². The molecule has 5 rings (SSSR count). The van der Waals surface area contributed by atoms with Crippen molar-refractivity contribution in [1.29, 1.82) is 0 Å². The molecule has 2 amide bonds. The maximum absolute atomic E-state index is 13.7. The fraction of sp³-hybridized carbons (Fsp3) is 0.300. The number of furan rings is 1. The van der Waals surface area contributed by atoms with Crippen LogP contribution in [0.2, 0.25) is 0 Å². The van der Waals surface area contributed by atoms with E-state index in [9.17, 15) is 27.2 Å². The summed E-state index contributed by atoms with van der Waals surface area (Å²) in [4.78, 5) is 44.2. The number of alkyl halides is 3. The van der Waals surface area contributed by atoms with Gasteiger partial charge in [-0.15, -0.1) is 5.48 Å². The van der Waals surface area contributed by atoms with Crippen LogP contribution < -0.4 is 20.9 Å². The van der Waals surface area contributed by atoms with E-state index in [4.69, 9.17) is 18.1 Å². The Morgan fingerprint density at radius 2 is 1.89 bits per heavy atom. The van der Waals surface area contributed by atoms with E-state index < -0.39 is 61.3 Å². The minimum atomic E-state index is -4.57. The zero-order valence-corrected chi connectivity index (χ0v) is 24.0. The normalized spacial score (nSPS) is 16.1. The molecule has 45 heavy (non-hydrogen) atoms. The highest BCUT2D eigenvalue weighted by atomic mass is 19.4. The van der Waals surface area contributed by atoms with Gasteiger partial charge in [0.1, 0.15) is 17.1 Å². The number of aliphatic imine (C=N–C) groups is 1. The zero-order valence-electron chi connectivity index (χ0n) is 27.0. The number of halogens is 4. The quantitative estimate of drug-likeness (QED) is 0.221. The van der Waals surface area contributed by atoms with Crippen LogP contribution in [0.3, 0.4) is 0 Å². The molecule has 236 valence electrons. The van der Waals surface area contributed by atoms with Gasteiger partial charge < -0.3 is 24.6 Å². The Morgan fingerprint density at radius 1 is 1.13 bits per heavy atom. The van der Waals surface area contributed by atoms with E-state index in [0.29, 0.717) is 5.56 Å². The van der Waals surface area contributed by atoms with Gasteiger partial charge >= 0.3 is 6.18 Å². The van der Waals surface area contributed by atoms with E-state index in [1.54, 1.807) is 13.8 Å². The van der Waals surface area contributed by atoms with Crippen molar-refractivity contribution in [3.8, 4) is 28.3 Å². The molecule has 15 heteroatoms. The number of fused-ring (bicyclic) bond motifs is 1. The number of aromatic nitrogens is 2.